The van der Waals surface area contributed by atoms with E-state index in [4.69, 9.17) is 21.1 Å². The molecule has 4 rings (SSSR count). The number of dihydropyridines is 1. The van der Waals surface area contributed by atoms with Crippen LogP contribution in [-0.4, -0.2) is 37.9 Å². The second kappa shape index (κ2) is 9.58. The average molecular weight is 516 g/mol. The van der Waals surface area contributed by atoms with Crippen LogP contribution in [0.4, 0.5) is 0 Å². The molecular formula is C28H34ClNO6. The Hall–Kier alpha value is -2.80. The third-order valence-electron chi connectivity index (χ3n) is 6.97. The van der Waals surface area contributed by atoms with E-state index < -0.39 is 11.9 Å². The molecule has 1 heterocycles. The summed E-state index contributed by atoms with van der Waals surface area (Å²) in [4.78, 5) is 38.7. The molecule has 0 unspecified atom stereocenters. The van der Waals surface area contributed by atoms with E-state index in [-0.39, 0.29) is 29.0 Å². The van der Waals surface area contributed by atoms with Crippen LogP contribution in [0.15, 0.2) is 34.7 Å². The van der Waals surface area contributed by atoms with Crippen molar-refractivity contribution in [3.63, 3.8) is 0 Å². The number of allylic oxidation sites excluding steroid dienone is 4. The maximum Gasteiger partial charge on any atom is 0.343 e. The van der Waals surface area contributed by atoms with E-state index in [9.17, 15) is 14.4 Å². The highest BCUT2D eigenvalue weighted by atomic mass is 35.5. The molecule has 7 nitrogen and oxygen atoms in total. The van der Waals surface area contributed by atoms with Gasteiger partial charge in [-0.05, 0) is 42.2 Å². The van der Waals surface area contributed by atoms with Crippen LogP contribution in [-0.2, 0) is 19.1 Å². The van der Waals surface area contributed by atoms with E-state index in [1.54, 1.807) is 12.1 Å². The number of ketones is 2. The van der Waals surface area contributed by atoms with Gasteiger partial charge in [0.05, 0.1) is 13.7 Å². The Balaban J connectivity index is 1.88. The van der Waals surface area contributed by atoms with Gasteiger partial charge in [0.25, 0.3) is 0 Å². The lowest BCUT2D eigenvalue weighted by molar-refractivity contribution is -0.143. The van der Waals surface area contributed by atoms with E-state index in [0.717, 1.165) is 11.4 Å². The molecule has 2 aliphatic carbocycles. The number of carbonyl (C=O) groups excluding carboxylic acids is 3. The molecule has 0 saturated heterocycles. The van der Waals surface area contributed by atoms with Gasteiger partial charge in [-0.15, -0.1) is 0 Å². The summed E-state index contributed by atoms with van der Waals surface area (Å²) < 4.78 is 16.1. The number of carbonyl (C=O) groups is 3. The van der Waals surface area contributed by atoms with E-state index in [2.05, 4.69) is 37.7 Å². The Morgan fingerprint density at radius 1 is 0.944 bits per heavy atom. The van der Waals surface area contributed by atoms with Crippen LogP contribution in [0.25, 0.3) is 0 Å². The standard InChI is InChI=1S/C28H34ClNO6/c1-7-35-21-8-15(16(29)9-22(21)36-14-23(33)34-6)24-25-17(10-27(2,3)12-19(25)31)30-18-11-28(4,5)13-20(32)26(18)24/h8-9,24,30H,7,10-14H2,1-6H3. The Morgan fingerprint density at radius 2 is 1.47 bits per heavy atom. The van der Waals surface area contributed by atoms with Crippen LogP contribution < -0.4 is 14.8 Å². The van der Waals surface area contributed by atoms with Gasteiger partial charge in [0.2, 0.25) is 0 Å². The van der Waals surface area contributed by atoms with Gasteiger partial charge in [-0.3, -0.25) is 9.59 Å². The van der Waals surface area contributed by atoms with Gasteiger partial charge in [0.1, 0.15) is 0 Å². The molecule has 0 aromatic heterocycles. The Bertz CT molecular complexity index is 1140. The summed E-state index contributed by atoms with van der Waals surface area (Å²) in [5, 5.41) is 3.84. The second-order valence-corrected chi connectivity index (χ2v) is 11.7. The zero-order valence-corrected chi connectivity index (χ0v) is 22.6. The molecular weight excluding hydrogens is 482 g/mol. The lowest BCUT2D eigenvalue weighted by Crippen LogP contribution is -2.42. The molecule has 36 heavy (non-hydrogen) atoms. The van der Waals surface area contributed by atoms with Gasteiger partial charge in [-0.25, -0.2) is 4.79 Å². The molecule has 0 saturated carbocycles. The molecule has 3 aliphatic rings. The van der Waals surface area contributed by atoms with E-state index >= 15 is 0 Å². The number of Topliss-reactive ketones (excluding diaryl/α,β-unsaturated/α-hetero) is 2. The number of hydrogen-bond acceptors (Lipinski definition) is 7. The molecule has 1 aromatic rings. The van der Waals surface area contributed by atoms with Gasteiger partial charge < -0.3 is 19.5 Å². The molecule has 0 radical (unpaired) electrons. The first-order valence-corrected chi connectivity index (χ1v) is 12.7. The zero-order valence-electron chi connectivity index (χ0n) is 21.8. The van der Waals surface area contributed by atoms with Crippen LogP contribution in [0.3, 0.4) is 0 Å². The van der Waals surface area contributed by atoms with Crippen LogP contribution >= 0.6 is 11.6 Å². The molecule has 0 atom stereocenters. The summed E-state index contributed by atoms with van der Waals surface area (Å²) in [6.45, 7) is 10.2. The largest absolute Gasteiger partial charge is 0.490 e. The lowest BCUT2D eigenvalue weighted by Gasteiger charge is -2.44. The molecule has 0 bridgehead atoms. The molecule has 0 spiro atoms. The Kier molecular flexibility index (Phi) is 6.99. The van der Waals surface area contributed by atoms with Crippen LogP contribution in [0.5, 0.6) is 11.5 Å². The van der Waals surface area contributed by atoms with Crippen LogP contribution in [0.2, 0.25) is 5.02 Å². The maximum atomic E-state index is 13.6. The fourth-order valence-corrected chi connectivity index (χ4v) is 5.81. The van der Waals surface area contributed by atoms with E-state index in [1.165, 1.54) is 7.11 Å². The number of methoxy groups -OCH3 is 1. The molecule has 0 fully saturated rings. The molecule has 194 valence electrons. The molecule has 1 aromatic carbocycles. The van der Waals surface area contributed by atoms with Crippen molar-refractivity contribution in [2.45, 2.75) is 66.2 Å². The van der Waals surface area contributed by atoms with Crippen molar-refractivity contribution in [3.05, 3.63) is 45.3 Å². The number of halogens is 1. The van der Waals surface area contributed by atoms with Crippen molar-refractivity contribution in [1.29, 1.82) is 0 Å². The van der Waals surface area contributed by atoms with Crippen molar-refractivity contribution in [2.24, 2.45) is 10.8 Å². The van der Waals surface area contributed by atoms with Crippen LogP contribution in [0, 0.1) is 10.8 Å². The van der Waals surface area contributed by atoms with Crippen LogP contribution in [0.1, 0.15) is 71.8 Å². The summed E-state index contributed by atoms with van der Waals surface area (Å²) in [5.41, 5.74) is 3.18. The topological polar surface area (TPSA) is 90.9 Å². The van der Waals surface area contributed by atoms with Gasteiger partial charge in [-0.2, -0.15) is 0 Å². The third-order valence-corrected chi connectivity index (χ3v) is 7.29. The highest BCUT2D eigenvalue weighted by Gasteiger charge is 2.47. The molecule has 1 N–H and O–H groups in total. The van der Waals surface area contributed by atoms with Crippen molar-refractivity contribution < 1.29 is 28.6 Å². The number of benzene rings is 1. The summed E-state index contributed by atoms with van der Waals surface area (Å²) in [5.74, 6) is -0.418. The number of rotatable bonds is 6. The second-order valence-electron chi connectivity index (χ2n) is 11.3. The van der Waals surface area contributed by atoms with Crippen molar-refractivity contribution in [1.82, 2.24) is 5.32 Å². The fourth-order valence-electron chi connectivity index (χ4n) is 5.55. The maximum absolute atomic E-state index is 13.6. The minimum atomic E-state index is -0.593. The quantitative estimate of drug-likeness (QED) is 0.516. The average Bonchev–Trinajstić information content (AvgIpc) is 2.75. The smallest absolute Gasteiger partial charge is 0.343 e. The SMILES string of the molecule is CCOc1cc(C2C3=C(CC(C)(C)CC3=O)NC3=C2C(=O)CC(C)(C)C3)c(Cl)cc1OCC(=O)OC. The predicted octanol–water partition coefficient (Wildman–Crippen LogP) is 5.26. The number of ether oxygens (including phenoxy) is 3. The number of hydrogen-bond donors (Lipinski definition) is 1. The van der Waals surface area contributed by atoms with Gasteiger partial charge >= 0.3 is 5.97 Å². The van der Waals surface area contributed by atoms with Gasteiger partial charge in [0.15, 0.2) is 29.7 Å². The number of nitrogens with one attached hydrogen (secondary N) is 1. The third kappa shape index (κ3) is 5.03. The first kappa shape index (κ1) is 26.3. The van der Waals surface area contributed by atoms with Gasteiger partial charge in [0, 0.05) is 52.4 Å². The van der Waals surface area contributed by atoms with Gasteiger partial charge in [-0.1, -0.05) is 39.3 Å². The summed E-state index contributed by atoms with van der Waals surface area (Å²) >= 11 is 6.81. The normalized spacial score (nSPS) is 21.0. The highest BCUT2D eigenvalue weighted by molar-refractivity contribution is 6.32. The summed E-state index contributed by atoms with van der Waals surface area (Å²) in [6, 6.07) is 3.32. The minimum Gasteiger partial charge on any atom is -0.490 e. The Labute approximate surface area is 217 Å². The zero-order chi connectivity index (χ0) is 26.4. The molecule has 1 aliphatic heterocycles. The first-order valence-electron chi connectivity index (χ1n) is 12.3. The molecule has 8 heteroatoms. The lowest BCUT2D eigenvalue weighted by atomic mass is 9.64. The van der Waals surface area contributed by atoms with Crippen molar-refractivity contribution >= 4 is 29.1 Å². The minimum absolute atomic E-state index is 0.0166. The van der Waals surface area contributed by atoms with E-state index in [0.29, 0.717) is 65.5 Å². The summed E-state index contributed by atoms with van der Waals surface area (Å²) in [6.07, 6.45) is 2.18. The predicted molar refractivity (Wildman–Crippen MR) is 136 cm³/mol. The Morgan fingerprint density at radius 3 is 1.97 bits per heavy atom. The monoisotopic (exact) mass is 515 g/mol. The fraction of sp³-hybridized carbons (Fsp3) is 0.536. The van der Waals surface area contributed by atoms with Crippen molar-refractivity contribution in [2.75, 3.05) is 20.3 Å². The molecule has 0 amide bonds. The van der Waals surface area contributed by atoms with E-state index in [1.807, 2.05) is 6.92 Å². The number of esters is 1. The highest BCUT2D eigenvalue weighted by Crippen LogP contribution is 2.53. The summed E-state index contributed by atoms with van der Waals surface area (Å²) in [7, 11) is 1.28. The first-order chi connectivity index (χ1) is 16.9. The van der Waals surface area contributed by atoms with Crippen molar-refractivity contribution in [3.8, 4) is 11.5 Å².